The smallest absolute Gasteiger partial charge is 0.194 e. The largest absolute Gasteiger partial charge is 0.367 e. The summed E-state index contributed by atoms with van der Waals surface area (Å²) in [6.45, 7) is 2.23. The number of hydrogen-bond acceptors (Lipinski definition) is 4. The molecule has 1 aromatic rings. The summed E-state index contributed by atoms with van der Waals surface area (Å²) in [5.41, 5.74) is 0.289. The lowest BCUT2D eigenvalue weighted by atomic mass is 10.1. The van der Waals surface area contributed by atoms with Gasteiger partial charge in [0.25, 0.3) is 0 Å². The first-order valence-corrected chi connectivity index (χ1v) is 6.24. The number of carbonyl (C=O) groups excluding carboxylic acids is 1. The van der Waals surface area contributed by atoms with Gasteiger partial charge in [-0.2, -0.15) is 0 Å². The Kier molecular flexibility index (Phi) is 3.09. The monoisotopic (exact) mass is 250 g/mol. The average molecular weight is 250 g/mol. The van der Waals surface area contributed by atoms with E-state index in [0.29, 0.717) is 19.2 Å². The van der Waals surface area contributed by atoms with E-state index < -0.39 is 11.9 Å². The van der Waals surface area contributed by atoms with E-state index in [2.05, 4.69) is 9.88 Å². The van der Waals surface area contributed by atoms with Gasteiger partial charge in [-0.15, -0.1) is 0 Å². The molecule has 0 radical (unpaired) electrons. The summed E-state index contributed by atoms with van der Waals surface area (Å²) in [4.78, 5) is 18.2. The Hall–Kier alpha value is -1.33. The zero-order valence-corrected chi connectivity index (χ0v) is 10.0. The Balaban J connectivity index is 1.73. The van der Waals surface area contributed by atoms with E-state index in [1.165, 1.54) is 12.3 Å². The van der Waals surface area contributed by atoms with Crippen LogP contribution < -0.4 is 0 Å². The highest BCUT2D eigenvalue weighted by molar-refractivity contribution is 5.99. The summed E-state index contributed by atoms with van der Waals surface area (Å²) < 4.78 is 18.7. The zero-order valence-electron chi connectivity index (χ0n) is 10.0. The van der Waals surface area contributed by atoms with E-state index in [1.54, 1.807) is 0 Å². The van der Waals surface area contributed by atoms with Crippen molar-refractivity contribution in [2.75, 3.05) is 19.7 Å². The van der Waals surface area contributed by atoms with Crippen molar-refractivity contribution in [3.63, 3.8) is 0 Å². The Morgan fingerprint density at radius 3 is 3.22 bits per heavy atom. The van der Waals surface area contributed by atoms with Gasteiger partial charge in [0.05, 0.1) is 12.8 Å². The van der Waals surface area contributed by atoms with E-state index in [9.17, 15) is 9.18 Å². The summed E-state index contributed by atoms with van der Waals surface area (Å²) in [7, 11) is 0. The minimum absolute atomic E-state index is 0.174. The number of hydrogen-bond donors (Lipinski definition) is 0. The molecule has 2 atom stereocenters. The molecule has 0 bridgehead atoms. The number of halogens is 1. The van der Waals surface area contributed by atoms with Crippen LogP contribution >= 0.6 is 0 Å². The molecule has 96 valence electrons. The molecule has 0 N–H and O–H groups in total. The van der Waals surface area contributed by atoms with Gasteiger partial charge in [-0.1, -0.05) is 0 Å². The van der Waals surface area contributed by atoms with E-state index in [0.717, 1.165) is 25.6 Å². The second-order valence-electron chi connectivity index (χ2n) is 4.87. The van der Waals surface area contributed by atoms with Crippen molar-refractivity contribution in [1.82, 2.24) is 9.88 Å². The summed E-state index contributed by atoms with van der Waals surface area (Å²) in [5.74, 6) is -0.664. The lowest BCUT2D eigenvalue weighted by molar-refractivity contribution is -0.0344. The van der Waals surface area contributed by atoms with Gasteiger partial charge in [-0.25, -0.2) is 4.39 Å². The van der Waals surface area contributed by atoms with Crippen LogP contribution in [0.3, 0.4) is 0 Å². The molecule has 0 amide bonds. The van der Waals surface area contributed by atoms with Crippen molar-refractivity contribution in [3.05, 3.63) is 29.8 Å². The number of morpholine rings is 1. The van der Waals surface area contributed by atoms with Crippen LogP contribution in [-0.4, -0.2) is 47.5 Å². The number of aromatic nitrogens is 1. The molecule has 0 spiro atoms. The predicted octanol–water partition coefficient (Wildman–Crippen LogP) is 1.27. The number of fused-ring (bicyclic) bond motifs is 1. The summed E-state index contributed by atoms with van der Waals surface area (Å²) in [5, 5.41) is 0. The molecule has 2 saturated heterocycles. The molecule has 3 rings (SSSR count). The molecule has 18 heavy (non-hydrogen) atoms. The first-order valence-electron chi connectivity index (χ1n) is 6.24. The van der Waals surface area contributed by atoms with Crippen molar-refractivity contribution in [3.8, 4) is 0 Å². The molecule has 2 aliphatic rings. The number of Topliss-reactive ketones (excluding diaryl/α,β-unsaturated/α-hetero) is 1. The second kappa shape index (κ2) is 4.74. The molecule has 3 heterocycles. The SMILES string of the molecule is O=C(c1cncc(F)c1)C1CN2CCCC2CO1. The minimum Gasteiger partial charge on any atom is -0.367 e. The third kappa shape index (κ3) is 2.15. The molecule has 0 aliphatic carbocycles. The molecule has 2 unspecified atom stereocenters. The normalized spacial score (nSPS) is 28.1. The molecule has 1 aromatic heterocycles. The first-order chi connectivity index (χ1) is 8.74. The van der Waals surface area contributed by atoms with E-state index in [1.807, 2.05) is 0 Å². The number of rotatable bonds is 2. The van der Waals surface area contributed by atoms with Crippen LogP contribution in [-0.2, 0) is 4.74 Å². The van der Waals surface area contributed by atoms with Gasteiger partial charge in [0.15, 0.2) is 5.78 Å². The summed E-state index contributed by atoms with van der Waals surface area (Å²) in [6.07, 6.45) is 4.31. The molecular weight excluding hydrogens is 235 g/mol. The van der Waals surface area contributed by atoms with Crippen LogP contribution in [0.4, 0.5) is 4.39 Å². The highest BCUT2D eigenvalue weighted by atomic mass is 19.1. The van der Waals surface area contributed by atoms with Crippen molar-refractivity contribution in [1.29, 1.82) is 0 Å². The number of ether oxygens (including phenoxy) is 1. The van der Waals surface area contributed by atoms with Crippen molar-refractivity contribution in [2.45, 2.75) is 25.0 Å². The quantitative estimate of drug-likeness (QED) is 0.741. The van der Waals surface area contributed by atoms with Crippen LogP contribution in [0.5, 0.6) is 0 Å². The van der Waals surface area contributed by atoms with E-state index in [4.69, 9.17) is 4.74 Å². The molecule has 0 aromatic carbocycles. The topological polar surface area (TPSA) is 42.4 Å². The standard InChI is InChI=1S/C13H15FN2O2/c14-10-4-9(5-15-6-10)13(17)12-7-16-3-1-2-11(16)8-18-12/h4-6,11-12H,1-3,7-8H2. The maximum atomic E-state index is 13.0. The maximum absolute atomic E-state index is 13.0. The fourth-order valence-electron chi connectivity index (χ4n) is 2.71. The van der Waals surface area contributed by atoms with Gasteiger partial charge in [0.2, 0.25) is 0 Å². The minimum atomic E-state index is -0.490. The first kappa shape index (κ1) is 11.7. The van der Waals surface area contributed by atoms with Crippen molar-refractivity contribution >= 4 is 5.78 Å². The van der Waals surface area contributed by atoms with Crippen LogP contribution in [0.15, 0.2) is 18.5 Å². The molecule has 2 aliphatic heterocycles. The Morgan fingerprint density at radius 1 is 1.50 bits per heavy atom. The Bertz CT molecular complexity index is 466. The Morgan fingerprint density at radius 2 is 2.39 bits per heavy atom. The fourth-order valence-corrected chi connectivity index (χ4v) is 2.71. The van der Waals surface area contributed by atoms with Crippen LogP contribution in [0, 0.1) is 5.82 Å². The maximum Gasteiger partial charge on any atom is 0.194 e. The zero-order chi connectivity index (χ0) is 12.5. The predicted molar refractivity (Wildman–Crippen MR) is 62.9 cm³/mol. The molecule has 0 saturated carbocycles. The third-order valence-corrected chi connectivity index (χ3v) is 3.67. The lowest BCUT2D eigenvalue weighted by Gasteiger charge is -2.34. The van der Waals surface area contributed by atoms with Gasteiger partial charge in [0.1, 0.15) is 11.9 Å². The third-order valence-electron chi connectivity index (χ3n) is 3.67. The van der Waals surface area contributed by atoms with Gasteiger partial charge < -0.3 is 4.74 Å². The van der Waals surface area contributed by atoms with E-state index in [-0.39, 0.29) is 11.3 Å². The molecule has 2 fully saturated rings. The molecular formula is C13H15FN2O2. The van der Waals surface area contributed by atoms with Crippen LogP contribution in [0.1, 0.15) is 23.2 Å². The molecule has 5 heteroatoms. The highest BCUT2D eigenvalue weighted by Gasteiger charge is 2.35. The highest BCUT2D eigenvalue weighted by Crippen LogP contribution is 2.24. The Labute approximate surface area is 105 Å². The van der Waals surface area contributed by atoms with Gasteiger partial charge in [0, 0.05) is 24.3 Å². The summed E-state index contributed by atoms with van der Waals surface area (Å²) in [6, 6.07) is 1.68. The molecule has 4 nitrogen and oxygen atoms in total. The van der Waals surface area contributed by atoms with Crippen molar-refractivity contribution < 1.29 is 13.9 Å². The van der Waals surface area contributed by atoms with E-state index >= 15 is 0 Å². The van der Waals surface area contributed by atoms with Gasteiger partial charge in [-0.05, 0) is 25.5 Å². The average Bonchev–Trinajstić information content (AvgIpc) is 2.85. The number of ketones is 1. The van der Waals surface area contributed by atoms with Crippen LogP contribution in [0.2, 0.25) is 0 Å². The van der Waals surface area contributed by atoms with Gasteiger partial charge in [-0.3, -0.25) is 14.7 Å². The van der Waals surface area contributed by atoms with Crippen molar-refractivity contribution in [2.24, 2.45) is 0 Å². The number of pyridine rings is 1. The number of nitrogens with zero attached hydrogens (tertiary/aromatic N) is 2. The van der Waals surface area contributed by atoms with Crippen LogP contribution in [0.25, 0.3) is 0 Å². The van der Waals surface area contributed by atoms with Gasteiger partial charge >= 0.3 is 0 Å². The fraction of sp³-hybridized carbons (Fsp3) is 0.538. The lowest BCUT2D eigenvalue weighted by Crippen LogP contribution is -2.49. The second-order valence-corrected chi connectivity index (χ2v) is 4.87. The number of carbonyl (C=O) groups is 1. The summed E-state index contributed by atoms with van der Waals surface area (Å²) >= 11 is 0.